The smallest absolute Gasteiger partial charge is 0.150 e. The fourth-order valence-corrected chi connectivity index (χ4v) is 2.23. The number of rotatable bonds is 2. The Hall–Kier alpha value is -1.11. The van der Waals surface area contributed by atoms with Crippen LogP contribution < -0.4 is 0 Å². The highest BCUT2D eigenvalue weighted by Gasteiger charge is 2.18. The molecule has 1 aliphatic carbocycles. The Morgan fingerprint density at radius 1 is 1.15 bits per heavy atom. The highest BCUT2D eigenvalue weighted by molar-refractivity contribution is 5.77. The molecule has 0 unspecified atom stereocenters. The van der Waals surface area contributed by atoms with Crippen LogP contribution in [-0.2, 0) is 0 Å². The number of hydrogen-bond donors (Lipinski definition) is 0. The molecule has 1 heteroatoms. The van der Waals surface area contributed by atoms with E-state index in [1.54, 1.807) is 0 Å². The van der Waals surface area contributed by atoms with Crippen LogP contribution in [-0.4, -0.2) is 6.29 Å². The molecule has 0 amide bonds. The zero-order valence-corrected chi connectivity index (χ0v) is 7.70. The summed E-state index contributed by atoms with van der Waals surface area (Å²) >= 11 is 0. The van der Waals surface area contributed by atoms with E-state index in [0.717, 1.165) is 11.8 Å². The van der Waals surface area contributed by atoms with Gasteiger partial charge < -0.3 is 0 Å². The molecular weight excluding hydrogens is 160 g/mol. The maximum Gasteiger partial charge on any atom is 0.150 e. The van der Waals surface area contributed by atoms with Crippen molar-refractivity contribution in [1.29, 1.82) is 0 Å². The summed E-state index contributed by atoms with van der Waals surface area (Å²) in [5, 5.41) is 0. The third-order valence-corrected chi connectivity index (χ3v) is 2.92. The predicted octanol–water partition coefficient (Wildman–Crippen LogP) is 3.16. The SMILES string of the molecule is O=Cc1ccccc1C1CCCC1. The monoisotopic (exact) mass is 174 g/mol. The molecule has 1 saturated carbocycles. The van der Waals surface area contributed by atoms with Gasteiger partial charge in [0, 0.05) is 5.56 Å². The molecule has 0 radical (unpaired) electrons. The lowest BCUT2D eigenvalue weighted by atomic mass is 9.93. The molecule has 1 aliphatic rings. The van der Waals surface area contributed by atoms with E-state index in [4.69, 9.17) is 0 Å². The van der Waals surface area contributed by atoms with Gasteiger partial charge in [-0.15, -0.1) is 0 Å². The van der Waals surface area contributed by atoms with Gasteiger partial charge in [0.25, 0.3) is 0 Å². The first-order chi connectivity index (χ1) is 6.42. The Bertz CT molecular complexity index is 298. The minimum atomic E-state index is 0.640. The van der Waals surface area contributed by atoms with Gasteiger partial charge in [0.1, 0.15) is 6.29 Å². The molecule has 0 spiro atoms. The average Bonchev–Trinajstić information content (AvgIpc) is 2.70. The van der Waals surface area contributed by atoms with Crippen molar-refractivity contribution in [2.45, 2.75) is 31.6 Å². The van der Waals surface area contributed by atoms with Gasteiger partial charge in [-0.05, 0) is 24.3 Å². The summed E-state index contributed by atoms with van der Waals surface area (Å²) in [4.78, 5) is 10.8. The van der Waals surface area contributed by atoms with Crippen LogP contribution in [0.4, 0.5) is 0 Å². The Balaban J connectivity index is 2.31. The van der Waals surface area contributed by atoms with Gasteiger partial charge in [-0.2, -0.15) is 0 Å². The maximum absolute atomic E-state index is 10.8. The summed E-state index contributed by atoms with van der Waals surface area (Å²) in [5.74, 6) is 0.640. The van der Waals surface area contributed by atoms with Crippen molar-refractivity contribution in [2.24, 2.45) is 0 Å². The van der Waals surface area contributed by atoms with Gasteiger partial charge in [0.2, 0.25) is 0 Å². The standard InChI is InChI=1S/C12H14O/c13-9-11-7-3-4-8-12(11)10-5-1-2-6-10/h3-4,7-10H,1-2,5-6H2. The minimum Gasteiger partial charge on any atom is -0.298 e. The third kappa shape index (κ3) is 1.64. The number of carbonyl (C=O) groups is 1. The molecule has 0 N–H and O–H groups in total. The van der Waals surface area contributed by atoms with Gasteiger partial charge in [0.15, 0.2) is 0 Å². The summed E-state index contributed by atoms with van der Waals surface area (Å²) in [5.41, 5.74) is 2.14. The summed E-state index contributed by atoms with van der Waals surface area (Å²) in [7, 11) is 0. The highest BCUT2D eigenvalue weighted by atomic mass is 16.1. The largest absolute Gasteiger partial charge is 0.298 e. The molecule has 0 atom stereocenters. The number of aldehydes is 1. The normalized spacial score (nSPS) is 17.5. The van der Waals surface area contributed by atoms with Gasteiger partial charge >= 0.3 is 0 Å². The fourth-order valence-electron chi connectivity index (χ4n) is 2.23. The van der Waals surface area contributed by atoms with Crippen LogP contribution in [0.1, 0.15) is 47.5 Å². The lowest BCUT2D eigenvalue weighted by Gasteiger charge is -2.11. The van der Waals surface area contributed by atoms with Crippen LogP contribution in [0.5, 0.6) is 0 Å². The van der Waals surface area contributed by atoms with Crippen molar-refractivity contribution in [3.8, 4) is 0 Å². The Labute approximate surface area is 78.8 Å². The topological polar surface area (TPSA) is 17.1 Å². The van der Waals surface area contributed by atoms with Gasteiger partial charge in [0.05, 0.1) is 0 Å². The minimum absolute atomic E-state index is 0.640. The van der Waals surface area contributed by atoms with Crippen molar-refractivity contribution in [1.82, 2.24) is 0 Å². The maximum atomic E-state index is 10.8. The highest BCUT2D eigenvalue weighted by Crippen LogP contribution is 2.35. The molecule has 1 aromatic rings. The average molecular weight is 174 g/mol. The molecule has 0 saturated heterocycles. The van der Waals surface area contributed by atoms with Crippen LogP contribution in [0.2, 0.25) is 0 Å². The molecular formula is C12H14O. The van der Waals surface area contributed by atoms with Crippen LogP contribution in [0.15, 0.2) is 24.3 Å². The second kappa shape index (κ2) is 3.73. The molecule has 2 rings (SSSR count). The summed E-state index contributed by atoms with van der Waals surface area (Å²) in [6.07, 6.45) is 6.12. The van der Waals surface area contributed by atoms with Crippen LogP contribution in [0, 0.1) is 0 Å². The van der Waals surface area contributed by atoms with Gasteiger partial charge in [-0.25, -0.2) is 0 Å². The van der Waals surface area contributed by atoms with E-state index in [1.807, 2.05) is 18.2 Å². The van der Waals surface area contributed by atoms with Gasteiger partial charge in [-0.3, -0.25) is 4.79 Å². The molecule has 68 valence electrons. The van der Waals surface area contributed by atoms with Crippen molar-refractivity contribution < 1.29 is 4.79 Å². The first-order valence-electron chi connectivity index (χ1n) is 4.96. The summed E-state index contributed by atoms with van der Waals surface area (Å²) in [6.45, 7) is 0. The number of benzene rings is 1. The van der Waals surface area contributed by atoms with E-state index in [9.17, 15) is 4.79 Å². The molecule has 0 bridgehead atoms. The zero-order valence-electron chi connectivity index (χ0n) is 7.70. The van der Waals surface area contributed by atoms with Crippen LogP contribution in [0.25, 0.3) is 0 Å². The van der Waals surface area contributed by atoms with Crippen LogP contribution >= 0.6 is 0 Å². The van der Waals surface area contributed by atoms with E-state index < -0.39 is 0 Å². The Morgan fingerprint density at radius 3 is 2.54 bits per heavy atom. The molecule has 1 nitrogen and oxygen atoms in total. The van der Waals surface area contributed by atoms with Gasteiger partial charge in [-0.1, -0.05) is 37.1 Å². The summed E-state index contributed by atoms with van der Waals surface area (Å²) < 4.78 is 0. The molecule has 0 aliphatic heterocycles. The van der Waals surface area contributed by atoms with E-state index in [2.05, 4.69) is 6.07 Å². The first kappa shape index (κ1) is 8.49. The second-order valence-electron chi connectivity index (χ2n) is 3.73. The van der Waals surface area contributed by atoms with E-state index in [0.29, 0.717) is 5.92 Å². The van der Waals surface area contributed by atoms with Crippen molar-refractivity contribution in [3.05, 3.63) is 35.4 Å². The lowest BCUT2D eigenvalue weighted by Crippen LogP contribution is -1.97. The van der Waals surface area contributed by atoms with Crippen molar-refractivity contribution in [2.75, 3.05) is 0 Å². The third-order valence-electron chi connectivity index (χ3n) is 2.92. The van der Waals surface area contributed by atoms with Crippen molar-refractivity contribution >= 4 is 6.29 Å². The van der Waals surface area contributed by atoms with E-state index in [1.165, 1.54) is 31.2 Å². The number of hydrogen-bond acceptors (Lipinski definition) is 1. The van der Waals surface area contributed by atoms with E-state index in [-0.39, 0.29) is 0 Å². The molecule has 0 aromatic heterocycles. The second-order valence-corrected chi connectivity index (χ2v) is 3.73. The first-order valence-corrected chi connectivity index (χ1v) is 4.96. The Morgan fingerprint density at radius 2 is 1.85 bits per heavy atom. The summed E-state index contributed by atoms with van der Waals surface area (Å²) in [6, 6.07) is 7.98. The fraction of sp³-hybridized carbons (Fsp3) is 0.417. The molecule has 1 fully saturated rings. The Kier molecular flexibility index (Phi) is 2.44. The molecule has 1 aromatic carbocycles. The van der Waals surface area contributed by atoms with Crippen molar-refractivity contribution in [3.63, 3.8) is 0 Å². The zero-order chi connectivity index (χ0) is 9.10. The van der Waals surface area contributed by atoms with E-state index >= 15 is 0 Å². The lowest BCUT2D eigenvalue weighted by molar-refractivity contribution is 0.112. The number of carbonyl (C=O) groups excluding carboxylic acids is 1. The molecule has 13 heavy (non-hydrogen) atoms. The molecule has 0 heterocycles. The van der Waals surface area contributed by atoms with Crippen LogP contribution in [0.3, 0.4) is 0 Å². The quantitative estimate of drug-likeness (QED) is 0.629. The predicted molar refractivity (Wildman–Crippen MR) is 53.0 cm³/mol.